The van der Waals surface area contributed by atoms with Crippen molar-refractivity contribution in [1.82, 2.24) is 14.8 Å². The number of hydrogen-bond acceptors (Lipinski definition) is 3. The van der Waals surface area contributed by atoms with E-state index in [9.17, 15) is 4.79 Å². The summed E-state index contributed by atoms with van der Waals surface area (Å²) in [6, 6.07) is 6.01. The minimum absolute atomic E-state index is 0.299. The molecule has 1 aliphatic heterocycles. The summed E-state index contributed by atoms with van der Waals surface area (Å²) in [6.45, 7) is 8.65. The number of carbonyl (C=O) groups is 1. The Morgan fingerprint density at radius 3 is 2.58 bits per heavy atom. The van der Waals surface area contributed by atoms with Crippen LogP contribution in [0.4, 0.5) is 0 Å². The zero-order valence-corrected chi connectivity index (χ0v) is 11.9. The third kappa shape index (κ3) is 4.31. The number of carbonyl (C=O) groups excluding carboxylic acids is 1. The Kier molecular flexibility index (Phi) is 4.91. The summed E-state index contributed by atoms with van der Waals surface area (Å²) in [4.78, 5) is 20.7. The van der Waals surface area contributed by atoms with E-state index in [2.05, 4.69) is 29.8 Å². The highest BCUT2D eigenvalue weighted by Crippen LogP contribution is 2.10. The minimum Gasteiger partial charge on any atom is -0.340 e. The Morgan fingerprint density at radius 1 is 1.26 bits per heavy atom. The number of nitrogens with zero attached hydrogens (tertiary/aromatic N) is 3. The minimum atomic E-state index is 0.299. The third-order valence-electron chi connectivity index (χ3n) is 3.42. The Bertz CT molecular complexity index is 397. The standard InChI is InChI=1S/C15H23N3O/c1-13(2)11-15(19)18-9-7-17(8-10-18)12-14-5-3-4-6-16-14/h3-6,13H,7-12H2,1-2H3. The molecule has 0 saturated carbocycles. The van der Waals surface area contributed by atoms with Gasteiger partial charge in [-0.25, -0.2) is 0 Å². The molecule has 0 atom stereocenters. The molecule has 1 fully saturated rings. The van der Waals surface area contributed by atoms with Gasteiger partial charge in [-0.05, 0) is 18.1 Å². The molecule has 0 aromatic carbocycles. The normalized spacial score (nSPS) is 16.9. The van der Waals surface area contributed by atoms with Crippen molar-refractivity contribution in [3.8, 4) is 0 Å². The van der Waals surface area contributed by atoms with E-state index in [0.717, 1.165) is 38.4 Å². The Morgan fingerprint density at radius 2 is 2.00 bits per heavy atom. The van der Waals surface area contributed by atoms with Crippen LogP contribution < -0.4 is 0 Å². The predicted molar refractivity (Wildman–Crippen MR) is 75.5 cm³/mol. The summed E-state index contributed by atoms with van der Waals surface area (Å²) in [5.41, 5.74) is 1.10. The lowest BCUT2D eigenvalue weighted by Crippen LogP contribution is -2.48. The Hall–Kier alpha value is -1.42. The van der Waals surface area contributed by atoms with Crippen LogP contribution in [0.2, 0.25) is 0 Å². The molecule has 2 rings (SSSR count). The quantitative estimate of drug-likeness (QED) is 0.829. The second kappa shape index (κ2) is 6.66. The molecule has 1 amide bonds. The molecule has 0 N–H and O–H groups in total. The van der Waals surface area contributed by atoms with Crippen molar-refractivity contribution in [2.75, 3.05) is 26.2 Å². The largest absolute Gasteiger partial charge is 0.340 e. The fourth-order valence-corrected chi connectivity index (χ4v) is 2.35. The van der Waals surface area contributed by atoms with Gasteiger partial charge >= 0.3 is 0 Å². The topological polar surface area (TPSA) is 36.4 Å². The van der Waals surface area contributed by atoms with Crippen molar-refractivity contribution in [2.45, 2.75) is 26.8 Å². The van der Waals surface area contributed by atoms with Gasteiger partial charge in [-0.1, -0.05) is 19.9 Å². The average molecular weight is 261 g/mol. The lowest BCUT2D eigenvalue weighted by atomic mass is 10.1. The van der Waals surface area contributed by atoms with Crippen LogP contribution in [0.1, 0.15) is 26.0 Å². The lowest BCUT2D eigenvalue weighted by molar-refractivity contribution is -0.133. The molecule has 2 heterocycles. The van der Waals surface area contributed by atoms with E-state index < -0.39 is 0 Å². The van der Waals surface area contributed by atoms with Gasteiger partial charge in [0.2, 0.25) is 5.91 Å². The molecule has 104 valence electrons. The first-order chi connectivity index (χ1) is 9.15. The maximum atomic E-state index is 12.0. The van der Waals surface area contributed by atoms with Gasteiger partial charge in [0, 0.05) is 45.3 Å². The van der Waals surface area contributed by atoms with Crippen LogP contribution in [0.3, 0.4) is 0 Å². The van der Waals surface area contributed by atoms with Crippen LogP contribution in [0, 0.1) is 5.92 Å². The molecular weight excluding hydrogens is 238 g/mol. The predicted octanol–water partition coefficient (Wildman–Crippen LogP) is 1.77. The van der Waals surface area contributed by atoms with Crippen LogP contribution in [0.15, 0.2) is 24.4 Å². The van der Waals surface area contributed by atoms with E-state index in [0.29, 0.717) is 18.2 Å². The van der Waals surface area contributed by atoms with E-state index >= 15 is 0 Å². The van der Waals surface area contributed by atoms with Gasteiger partial charge in [0.05, 0.1) is 5.69 Å². The maximum Gasteiger partial charge on any atom is 0.222 e. The van der Waals surface area contributed by atoms with Gasteiger partial charge in [0.25, 0.3) is 0 Å². The van der Waals surface area contributed by atoms with Crippen molar-refractivity contribution >= 4 is 5.91 Å². The van der Waals surface area contributed by atoms with Crippen LogP contribution in [-0.4, -0.2) is 46.9 Å². The molecule has 0 spiro atoms. The fraction of sp³-hybridized carbons (Fsp3) is 0.600. The zero-order valence-electron chi connectivity index (χ0n) is 11.9. The van der Waals surface area contributed by atoms with E-state index in [1.54, 1.807) is 0 Å². The molecule has 19 heavy (non-hydrogen) atoms. The summed E-state index contributed by atoms with van der Waals surface area (Å²) >= 11 is 0. The molecule has 1 aromatic heterocycles. The van der Waals surface area contributed by atoms with Gasteiger partial charge in [-0.3, -0.25) is 14.7 Å². The summed E-state index contributed by atoms with van der Waals surface area (Å²) in [7, 11) is 0. The maximum absolute atomic E-state index is 12.0. The molecule has 1 saturated heterocycles. The van der Waals surface area contributed by atoms with Crippen LogP contribution >= 0.6 is 0 Å². The van der Waals surface area contributed by atoms with E-state index in [1.807, 2.05) is 23.2 Å². The van der Waals surface area contributed by atoms with Gasteiger partial charge in [0.1, 0.15) is 0 Å². The van der Waals surface area contributed by atoms with Gasteiger partial charge < -0.3 is 4.90 Å². The number of piperazine rings is 1. The molecule has 1 aromatic rings. The molecular formula is C15H23N3O. The number of hydrogen-bond donors (Lipinski definition) is 0. The molecule has 0 radical (unpaired) electrons. The Labute approximate surface area is 115 Å². The first kappa shape index (κ1) is 14.0. The highest BCUT2D eigenvalue weighted by molar-refractivity contribution is 5.76. The van der Waals surface area contributed by atoms with Crippen LogP contribution in [0.25, 0.3) is 0 Å². The van der Waals surface area contributed by atoms with Crippen molar-refractivity contribution in [3.63, 3.8) is 0 Å². The van der Waals surface area contributed by atoms with E-state index in [1.165, 1.54) is 0 Å². The SMILES string of the molecule is CC(C)CC(=O)N1CCN(Cc2ccccn2)CC1. The summed E-state index contributed by atoms with van der Waals surface area (Å²) in [5.74, 6) is 0.742. The second-order valence-electron chi connectivity index (χ2n) is 5.58. The van der Waals surface area contributed by atoms with Crippen LogP contribution in [-0.2, 0) is 11.3 Å². The zero-order chi connectivity index (χ0) is 13.7. The van der Waals surface area contributed by atoms with Crippen molar-refractivity contribution < 1.29 is 4.79 Å². The van der Waals surface area contributed by atoms with Crippen molar-refractivity contribution in [1.29, 1.82) is 0 Å². The summed E-state index contributed by atoms with van der Waals surface area (Å²) < 4.78 is 0. The van der Waals surface area contributed by atoms with Gasteiger partial charge in [0.15, 0.2) is 0 Å². The molecule has 0 bridgehead atoms. The van der Waals surface area contributed by atoms with E-state index in [-0.39, 0.29) is 0 Å². The van der Waals surface area contributed by atoms with E-state index in [4.69, 9.17) is 0 Å². The second-order valence-corrected chi connectivity index (χ2v) is 5.58. The molecule has 0 aliphatic carbocycles. The number of rotatable bonds is 4. The first-order valence-electron chi connectivity index (χ1n) is 7.05. The number of aromatic nitrogens is 1. The Balaban J connectivity index is 1.78. The van der Waals surface area contributed by atoms with Crippen molar-refractivity contribution in [2.24, 2.45) is 5.92 Å². The summed E-state index contributed by atoms with van der Waals surface area (Å²) in [6.07, 6.45) is 2.50. The van der Waals surface area contributed by atoms with Crippen molar-refractivity contribution in [3.05, 3.63) is 30.1 Å². The first-order valence-corrected chi connectivity index (χ1v) is 7.05. The smallest absolute Gasteiger partial charge is 0.222 e. The molecule has 1 aliphatic rings. The fourth-order valence-electron chi connectivity index (χ4n) is 2.35. The molecule has 0 unspecified atom stereocenters. The average Bonchev–Trinajstić information content (AvgIpc) is 2.40. The van der Waals surface area contributed by atoms with Gasteiger partial charge in [-0.15, -0.1) is 0 Å². The number of pyridine rings is 1. The molecule has 4 nitrogen and oxygen atoms in total. The summed E-state index contributed by atoms with van der Waals surface area (Å²) in [5, 5.41) is 0. The van der Waals surface area contributed by atoms with Gasteiger partial charge in [-0.2, -0.15) is 0 Å². The monoisotopic (exact) mass is 261 g/mol. The number of amides is 1. The molecule has 4 heteroatoms. The highest BCUT2D eigenvalue weighted by Gasteiger charge is 2.21. The lowest BCUT2D eigenvalue weighted by Gasteiger charge is -2.34. The highest BCUT2D eigenvalue weighted by atomic mass is 16.2. The third-order valence-corrected chi connectivity index (χ3v) is 3.42. The van der Waals surface area contributed by atoms with Crippen LogP contribution in [0.5, 0.6) is 0 Å².